The van der Waals surface area contributed by atoms with Crippen LogP contribution in [0.1, 0.15) is 75.5 Å². The lowest BCUT2D eigenvalue weighted by atomic mass is 9.97. The highest BCUT2D eigenvalue weighted by molar-refractivity contribution is 5.89. The van der Waals surface area contributed by atoms with Gasteiger partial charge in [0.15, 0.2) is 0 Å². The van der Waals surface area contributed by atoms with Gasteiger partial charge in [0.2, 0.25) is 0 Å². The zero-order chi connectivity index (χ0) is 21.3. The maximum absolute atomic E-state index is 14.1. The van der Waals surface area contributed by atoms with Crippen LogP contribution in [0.4, 0.5) is 19.3 Å². The quantitative estimate of drug-likeness (QED) is 0.358. The van der Waals surface area contributed by atoms with Crippen molar-refractivity contribution in [1.82, 2.24) is 4.90 Å². The summed E-state index contributed by atoms with van der Waals surface area (Å²) >= 11 is 0. The fourth-order valence-corrected chi connectivity index (χ4v) is 4.28. The summed E-state index contributed by atoms with van der Waals surface area (Å²) in [4.78, 5) is 15.1. The normalized spacial score (nSPS) is 15.9. The highest BCUT2D eigenvalue weighted by Crippen LogP contribution is 2.34. The van der Waals surface area contributed by atoms with Crippen molar-refractivity contribution < 1.29 is 13.6 Å². The van der Waals surface area contributed by atoms with Crippen LogP contribution in [-0.4, -0.2) is 17.5 Å². The van der Waals surface area contributed by atoms with Gasteiger partial charge in [-0.25, -0.2) is 13.6 Å². The Morgan fingerprint density at radius 2 is 1.87 bits per heavy atom. The minimum absolute atomic E-state index is 0.0132. The maximum Gasteiger partial charge on any atom is 0.322 e. The average molecular weight is 415 g/mol. The Morgan fingerprint density at radius 3 is 2.67 bits per heavy atom. The van der Waals surface area contributed by atoms with E-state index in [9.17, 15) is 13.6 Å². The summed E-state index contributed by atoms with van der Waals surface area (Å²) in [5, 5.41) is 2.68. The van der Waals surface area contributed by atoms with Gasteiger partial charge < -0.3 is 10.2 Å². The number of nitrogens with zero attached hydrogens (tertiary/aromatic N) is 1. The topological polar surface area (TPSA) is 32.3 Å². The van der Waals surface area contributed by atoms with Gasteiger partial charge in [-0.1, -0.05) is 63.3 Å². The number of urea groups is 1. The maximum atomic E-state index is 14.1. The molecular formula is C25H32F2N2O. The van der Waals surface area contributed by atoms with Crippen molar-refractivity contribution >= 4 is 11.7 Å². The van der Waals surface area contributed by atoms with Gasteiger partial charge in [0.1, 0.15) is 11.6 Å². The molecule has 2 aromatic carbocycles. The zero-order valence-corrected chi connectivity index (χ0v) is 17.8. The highest BCUT2D eigenvalue weighted by Gasteiger charge is 2.28. The van der Waals surface area contributed by atoms with Crippen LogP contribution in [0.5, 0.6) is 0 Å². The van der Waals surface area contributed by atoms with Crippen molar-refractivity contribution in [2.45, 2.75) is 70.8 Å². The zero-order valence-electron chi connectivity index (χ0n) is 17.8. The molecule has 0 fully saturated rings. The predicted octanol–water partition coefficient (Wildman–Crippen LogP) is 7.24. The molecule has 2 aromatic rings. The second kappa shape index (κ2) is 11.1. The van der Waals surface area contributed by atoms with Crippen molar-refractivity contribution in [2.75, 3.05) is 11.9 Å². The number of carbonyl (C=O) groups excluding carboxylic acids is 1. The van der Waals surface area contributed by atoms with Crippen LogP contribution in [0.3, 0.4) is 0 Å². The van der Waals surface area contributed by atoms with E-state index in [1.165, 1.54) is 30.0 Å². The van der Waals surface area contributed by atoms with Crippen LogP contribution < -0.4 is 5.32 Å². The van der Waals surface area contributed by atoms with E-state index in [0.717, 1.165) is 57.1 Å². The van der Waals surface area contributed by atoms with Crippen molar-refractivity contribution in [3.63, 3.8) is 0 Å². The largest absolute Gasteiger partial charge is 0.322 e. The molecule has 0 radical (unpaired) electrons. The summed E-state index contributed by atoms with van der Waals surface area (Å²) < 4.78 is 27.4. The molecule has 162 valence electrons. The lowest BCUT2D eigenvalue weighted by molar-refractivity contribution is 0.181. The van der Waals surface area contributed by atoms with Crippen molar-refractivity contribution in [3.8, 4) is 0 Å². The molecule has 1 atom stereocenters. The molecule has 0 saturated carbocycles. The minimum atomic E-state index is -0.757. The molecule has 30 heavy (non-hydrogen) atoms. The molecular weight excluding hydrogens is 382 g/mol. The van der Waals surface area contributed by atoms with Crippen molar-refractivity contribution in [3.05, 3.63) is 65.2 Å². The lowest BCUT2D eigenvalue weighted by Crippen LogP contribution is -2.39. The van der Waals surface area contributed by atoms with E-state index < -0.39 is 11.6 Å². The van der Waals surface area contributed by atoms with Gasteiger partial charge in [-0.15, -0.1) is 0 Å². The van der Waals surface area contributed by atoms with Crippen LogP contribution in [0.25, 0.3) is 0 Å². The number of fused-ring (bicyclic) bond motifs is 1. The summed E-state index contributed by atoms with van der Waals surface area (Å²) in [6.07, 6.45) is 9.56. The molecule has 3 rings (SSSR count). The molecule has 1 aliphatic carbocycles. The molecule has 0 bridgehead atoms. The van der Waals surface area contributed by atoms with E-state index in [2.05, 4.69) is 24.4 Å². The molecule has 0 saturated heterocycles. The van der Waals surface area contributed by atoms with Crippen LogP contribution >= 0.6 is 0 Å². The van der Waals surface area contributed by atoms with E-state index >= 15 is 0 Å². The first-order valence-corrected chi connectivity index (χ1v) is 11.2. The Labute approximate surface area is 178 Å². The number of unbranched alkanes of at least 4 members (excludes halogenated alkanes) is 4. The SMILES string of the molecule is CCCCCCCN(C(=O)Nc1ccc(F)cc1F)C1CCCCc2ccccc21. The second-order valence-electron chi connectivity index (χ2n) is 8.12. The number of benzene rings is 2. The van der Waals surface area contributed by atoms with Crippen LogP contribution in [0, 0.1) is 11.6 Å². The lowest BCUT2D eigenvalue weighted by Gasteiger charge is -2.33. The number of halogens is 2. The summed E-state index contributed by atoms with van der Waals surface area (Å²) in [7, 11) is 0. The van der Waals surface area contributed by atoms with Crippen LogP contribution in [-0.2, 0) is 6.42 Å². The molecule has 5 heteroatoms. The number of hydrogen-bond donors (Lipinski definition) is 1. The third kappa shape index (κ3) is 5.80. The first-order chi connectivity index (χ1) is 14.6. The van der Waals surface area contributed by atoms with Gasteiger partial charge in [0.25, 0.3) is 0 Å². The minimum Gasteiger partial charge on any atom is -0.317 e. The predicted molar refractivity (Wildman–Crippen MR) is 118 cm³/mol. The summed E-state index contributed by atoms with van der Waals surface area (Å²) in [5.41, 5.74) is 2.49. The van der Waals surface area contributed by atoms with Gasteiger partial charge in [-0.3, -0.25) is 0 Å². The molecule has 0 spiro atoms. The van der Waals surface area contributed by atoms with Gasteiger partial charge in [0.05, 0.1) is 11.7 Å². The first kappa shape index (κ1) is 22.3. The fraction of sp³-hybridized carbons (Fsp3) is 0.480. The van der Waals surface area contributed by atoms with E-state index in [1.54, 1.807) is 0 Å². The summed E-state index contributed by atoms with van der Waals surface area (Å²) in [6.45, 7) is 2.80. The molecule has 1 aliphatic rings. The van der Waals surface area contributed by atoms with Gasteiger partial charge in [-0.2, -0.15) is 0 Å². The molecule has 1 unspecified atom stereocenters. The van der Waals surface area contributed by atoms with E-state index in [1.807, 2.05) is 17.0 Å². The van der Waals surface area contributed by atoms with Crippen molar-refractivity contribution in [1.29, 1.82) is 0 Å². The summed E-state index contributed by atoms with van der Waals surface area (Å²) in [6, 6.07) is 11.2. The number of nitrogens with one attached hydrogen (secondary N) is 1. The monoisotopic (exact) mass is 414 g/mol. The summed E-state index contributed by atoms with van der Waals surface area (Å²) in [5.74, 6) is -1.41. The van der Waals surface area contributed by atoms with E-state index in [-0.39, 0.29) is 17.8 Å². The number of hydrogen-bond acceptors (Lipinski definition) is 1. The second-order valence-corrected chi connectivity index (χ2v) is 8.12. The molecule has 0 heterocycles. The third-order valence-electron chi connectivity index (χ3n) is 5.90. The van der Waals surface area contributed by atoms with Crippen molar-refractivity contribution in [2.24, 2.45) is 0 Å². The molecule has 1 N–H and O–H groups in total. The Bertz CT molecular complexity index is 840. The average Bonchev–Trinajstić information content (AvgIpc) is 2.95. The first-order valence-electron chi connectivity index (χ1n) is 11.2. The van der Waals surface area contributed by atoms with Gasteiger partial charge in [-0.05, 0) is 48.9 Å². The Hall–Kier alpha value is -2.43. The fourth-order valence-electron chi connectivity index (χ4n) is 4.28. The smallest absolute Gasteiger partial charge is 0.317 e. The molecule has 3 nitrogen and oxygen atoms in total. The van der Waals surface area contributed by atoms with Gasteiger partial charge >= 0.3 is 6.03 Å². The number of anilines is 1. The van der Waals surface area contributed by atoms with E-state index in [4.69, 9.17) is 0 Å². The number of carbonyl (C=O) groups is 1. The number of rotatable bonds is 8. The van der Waals surface area contributed by atoms with Crippen LogP contribution in [0.15, 0.2) is 42.5 Å². The number of aryl methyl sites for hydroxylation is 1. The highest BCUT2D eigenvalue weighted by atomic mass is 19.1. The van der Waals surface area contributed by atoms with Gasteiger partial charge in [0, 0.05) is 12.6 Å². The Kier molecular flexibility index (Phi) is 8.23. The van der Waals surface area contributed by atoms with Crippen LogP contribution in [0.2, 0.25) is 0 Å². The third-order valence-corrected chi connectivity index (χ3v) is 5.90. The molecule has 0 aromatic heterocycles. The molecule has 0 aliphatic heterocycles. The van der Waals surface area contributed by atoms with E-state index in [0.29, 0.717) is 6.54 Å². The Morgan fingerprint density at radius 1 is 1.07 bits per heavy atom. The Balaban J connectivity index is 1.81. The number of amides is 2. The standard InChI is InChI=1S/C25H32F2N2O/c1-2-3-4-5-10-17-29(25(30)28-23-16-15-20(26)18-22(23)27)24-14-9-7-12-19-11-6-8-13-21(19)24/h6,8,11,13,15-16,18,24H,2-5,7,9-10,12,14,17H2,1H3,(H,28,30). The molecule has 2 amide bonds.